The fourth-order valence-corrected chi connectivity index (χ4v) is 3.70. The number of benzene rings is 1. The van der Waals surface area contributed by atoms with Gasteiger partial charge in [0.25, 0.3) is 17.4 Å². The van der Waals surface area contributed by atoms with Crippen LogP contribution in [0.4, 0.5) is 0 Å². The zero-order valence-electron chi connectivity index (χ0n) is 19.3. The van der Waals surface area contributed by atoms with Crippen molar-refractivity contribution in [1.29, 1.82) is 0 Å². The van der Waals surface area contributed by atoms with Gasteiger partial charge in [-0.15, -0.1) is 0 Å². The monoisotopic (exact) mass is 475 g/mol. The molecule has 2 N–H and O–H groups in total. The van der Waals surface area contributed by atoms with Crippen molar-refractivity contribution < 1.29 is 9.59 Å². The Labute approximate surface area is 200 Å². The molecule has 35 heavy (non-hydrogen) atoms. The molecule has 11 nitrogen and oxygen atoms in total. The van der Waals surface area contributed by atoms with E-state index in [4.69, 9.17) is 0 Å². The van der Waals surface area contributed by atoms with Gasteiger partial charge in [-0.1, -0.05) is 44.2 Å². The van der Waals surface area contributed by atoms with Gasteiger partial charge < -0.3 is 4.57 Å². The summed E-state index contributed by atoms with van der Waals surface area (Å²) in [5.74, 6) is -1.09. The summed E-state index contributed by atoms with van der Waals surface area (Å²) in [7, 11) is 0. The van der Waals surface area contributed by atoms with Gasteiger partial charge in [0.2, 0.25) is 0 Å². The number of hydrogen-bond acceptors (Lipinski definition) is 6. The van der Waals surface area contributed by atoms with Crippen LogP contribution in [0.15, 0.2) is 70.8 Å². The smallest absolute Gasteiger partial charge is 0.324 e. The van der Waals surface area contributed by atoms with Crippen molar-refractivity contribution in [2.24, 2.45) is 5.92 Å². The molecule has 3 aromatic heterocycles. The molecule has 0 aliphatic rings. The highest BCUT2D eigenvalue weighted by Crippen LogP contribution is 2.11. The Bertz CT molecular complexity index is 1470. The zero-order valence-corrected chi connectivity index (χ0v) is 19.3. The van der Waals surface area contributed by atoms with E-state index in [-0.39, 0.29) is 29.2 Å². The Morgan fingerprint density at radius 2 is 1.77 bits per heavy atom. The third kappa shape index (κ3) is 5.18. The molecule has 0 aliphatic heterocycles. The van der Waals surface area contributed by atoms with Gasteiger partial charge in [-0.05, 0) is 23.6 Å². The number of amides is 2. The number of nitrogens with zero attached hydrogens (tertiary/aromatic N) is 5. The maximum atomic E-state index is 13.3. The maximum absolute atomic E-state index is 13.3. The Hall–Kier alpha value is -4.54. The summed E-state index contributed by atoms with van der Waals surface area (Å²) in [6.45, 7) is 4.12. The molecule has 0 atom stereocenters. The van der Waals surface area contributed by atoms with Gasteiger partial charge in [0.1, 0.15) is 6.54 Å². The average molecular weight is 476 g/mol. The molecule has 0 aliphatic carbocycles. The number of aromatic nitrogens is 5. The fourth-order valence-electron chi connectivity index (χ4n) is 3.70. The van der Waals surface area contributed by atoms with Crippen molar-refractivity contribution in [3.05, 3.63) is 93.2 Å². The first-order valence-corrected chi connectivity index (χ1v) is 11.1. The van der Waals surface area contributed by atoms with Gasteiger partial charge in [0.15, 0.2) is 11.2 Å². The largest absolute Gasteiger partial charge is 0.333 e. The minimum absolute atomic E-state index is 0.175. The maximum Gasteiger partial charge on any atom is 0.333 e. The van der Waals surface area contributed by atoms with Crippen molar-refractivity contribution >= 4 is 23.0 Å². The van der Waals surface area contributed by atoms with Crippen molar-refractivity contribution in [1.82, 2.24) is 34.5 Å². The highest BCUT2D eigenvalue weighted by molar-refractivity contribution is 5.95. The molecular formula is C24H25N7O4. The van der Waals surface area contributed by atoms with Crippen LogP contribution in [0.2, 0.25) is 0 Å². The number of imidazole rings is 1. The minimum Gasteiger partial charge on any atom is -0.324 e. The summed E-state index contributed by atoms with van der Waals surface area (Å²) in [5.41, 5.74) is 4.79. The highest BCUT2D eigenvalue weighted by atomic mass is 16.2. The highest BCUT2D eigenvalue weighted by Gasteiger charge is 2.20. The summed E-state index contributed by atoms with van der Waals surface area (Å²) >= 11 is 0. The molecule has 4 rings (SSSR count). The van der Waals surface area contributed by atoms with Crippen molar-refractivity contribution in [3.63, 3.8) is 0 Å². The molecule has 0 spiro atoms. The second-order valence-electron chi connectivity index (χ2n) is 8.45. The third-order valence-corrected chi connectivity index (χ3v) is 5.27. The Kier molecular flexibility index (Phi) is 6.86. The lowest BCUT2D eigenvalue weighted by Gasteiger charge is -2.14. The van der Waals surface area contributed by atoms with Gasteiger partial charge in [-0.25, -0.2) is 14.3 Å². The lowest BCUT2D eigenvalue weighted by Crippen LogP contribution is -2.48. The lowest BCUT2D eigenvalue weighted by molar-refractivity contribution is -0.122. The predicted molar refractivity (Wildman–Crippen MR) is 128 cm³/mol. The van der Waals surface area contributed by atoms with Crippen LogP contribution in [0.1, 0.15) is 29.8 Å². The molecule has 4 aromatic rings. The van der Waals surface area contributed by atoms with E-state index in [0.717, 1.165) is 10.1 Å². The first-order chi connectivity index (χ1) is 16.8. The van der Waals surface area contributed by atoms with Gasteiger partial charge in [-0.2, -0.15) is 0 Å². The fraction of sp³-hybridized carbons (Fsp3) is 0.250. The van der Waals surface area contributed by atoms with Crippen LogP contribution in [0.25, 0.3) is 11.2 Å². The summed E-state index contributed by atoms with van der Waals surface area (Å²) in [5, 5.41) is 0. The number of rotatable bonds is 7. The molecule has 2 amide bonds. The van der Waals surface area contributed by atoms with Gasteiger partial charge in [-0.3, -0.25) is 34.8 Å². The summed E-state index contributed by atoms with van der Waals surface area (Å²) < 4.78 is 3.93. The SMILES string of the molecule is CC(C)Cn1cnc2c1c(=O)n(CC(=O)NNC(=O)c1cccnc1)c(=O)n2Cc1ccccc1. The molecule has 3 heterocycles. The second-order valence-corrected chi connectivity index (χ2v) is 8.45. The standard InChI is InChI=1S/C24H25N7O4/c1-16(2)12-29-15-26-21-20(29)23(34)31(24(35)30(21)13-17-7-4-3-5-8-17)14-19(32)27-28-22(33)18-9-6-10-25-11-18/h3-11,15-16H,12-14H2,1-2H3,(H,27,32)(H,28,33). The summed E-state index contributed by atoms with van der Waals surface area (Å²) in [6, 6.07) is 12.4. The number of nitrogens with one attached hydrogen (secondary N) is 2. The van der Waals surface area contributed by atoms with Gasteiger partial charge >= 0.3 is 5.69 Å². The van der Waals surface area contributed by atoms with Gasteiger partial charge in [0, 0.05) is 18.9 Å². The van der Waals surface area contributed by atoms with Crippen LogP contribution in [-0.4, -0.2) is 35.5 Å². The Balaban J connectivity index is 1.68. The van der Waals surface area contributed by atoms with Crippen molar-refractivity contribution in [2.75, 3.05) is 0 Å². The van der Waals surface area contributed by atoms with E-state index >= 15 is 0 Å². The van der Waals surface area contributed by atoms with Gasteiger partial charge in [0.05, 0.1) is 18.4 Å². The molecule has 0 saturated carbocycles. The molecule has 180 valence electrons. The van der Waals surface area contributed by atoms with Crippen LogP contribution in [0.3, 0.4) is 0 Å². The molecule has 0 radical (unpaired) electrons. The second kappa shape index (κ2) is 10.2. The number of carbonyl (C=O) groups excluding carboxylic acids is 2. The number of fused-ring (bicyclic) bond motifs is 1. The van der Waals surface area contributed by atoms with Crippen molar-refractivity contribution in [3.8, 4) is 0 Å². The predicted octanol–water partition coefficient (Wildman–Crippen LogP) is 0.920. The molecule has 0 unspecified atom stereocenters. The molecule has 11 heteroatoms. The van der Waals surface area contributed by atoms with Crippen LogP contribution < -0.4 is 22.1 Å². The summed E-state index contributed by atoms with van der Waals surface area (Å²) in [4.78, 5) is 59.6. The number of hydrogen-bond donors (Lipinski definition) is 2. The molecular weight excluding hydrogens is 450 g/mol. The number of pyridine rings is 1. The molecule has 0 saturated heterocycles. The van der Waals surface area contributed by atoms with E-state index in [0.29, 0.717) is 6.54 Å². The van der Waals surface area contributed by atoms with Crippen LogP contribution in [0, 0.1) is 5.92 Å². The molecule has 1 aromatic carbocycles. The number of carbonyl (C=O) groups is 2. The van der Waals surface area contributed by atoms with E-state index in [9.17, 15) is 19.2 Å². The average Bonchev–Trinajstić information content (AvgIpc) is 3.27. The third-order valence-electron chi connectivity index (χ3n) is 5.27. The zero-order chi connectivity index (χ0) is 24.9. The first-order valence-electron chi connectivity index (χ1n) is 11.1. The molecule has 0 bridgehead atoms. The first kappa shape index (κ1) is 23.6. The number of hydrazine groups is 1. The van der Waals surface area contributed by atoms with Crippen LogP contribution in [0.5, 0.6) is 0 Å². The van der Waals surface area contributed by atoms with E-state index in [1.165, 1.54) is 29.4 Å². The topological polar surface area (TPSA) is 133 Å². The van der Waals surface area contributed by atoms with E-state index in [1.54, 1.807) is 10.6 Å². The quantitative estimate of drug-likeness (QED) is 0.382. The minimum atomic E-state index is -0.734. The van der Waals surface area contributed by atoms with Crippen LogP contribution in [-0.2, 0) is 24.4 Å². The van der Waals surface area contributed by atoms with Crippen LogP contribution >= 0.6 is 0 Å². The Morgan fingerprint density at radius 1 is 1.00 bits per heavy atom. The Morgan fingerprint density at radius 3 is 2.46 bits per heavy atom. The summed E-state index contributed by atoms with van der Waals surface area (Å²) in [6.07, 6.45) is 4.39. The van der Waals surface area contributed by atoms with Crippen molar-refractivity contribution in [2.45, 2.75) is 33.5 Å². The van der Waals surface area contributed by atoms with E-state index < -0.39 is 29.6 Å². The molecule has 0 fully saturated rings. The van der Waals surface area contributed by atoms with E-state index in [2.05, 4.69) is 20.8 Å². The normalized spacial score (nSPS) is 11.1. The van der Waals surface area contributed by atoms with E-state index in [1.807, 2.05) is 44.2 Å². The lowest BCUT2D eigenvalue weighted by atomic mass is 10.2.